The molecule has 8 heteroatoms. The van der Waals surface area contributed by atoms with Crippen LogP contribution < -0.4 is 15.4 Å². The minimum atomic E-state index is 0.288. The number of ether oxygens (including phenoxy) is 1. The first kappa shape index (κ1) is 14.4. The molecule has 2 heterocycles. The summed E-state index contributed by atoms with van der Waals surface area (Å²) in [5, 5.41) is 7.24. The minimum absolute atomic E-state index is 0.288. The molecule has 0 aromatic carbocycles. The lowest BCUT2D eigenvalue weighted by Crippen LogP contribution is -2.10. The predicted octanol–water partition coefficient (Wildman–Crippen LogP) is 2.08. The molecule has 0 spiro atoms. The van der Waals surface area contributed by atoms with E-state index >= 15 is 0 Å². The van der Waals surface area contributed by atoms with E-state index in [1.165, 1.54) is 12.0 Å². The van der Waals surface area contributed by atoms with Gasteiger partial charge in [-0.25, -0.2) is 4.98 Å². The van der Waals surface area contributed by atoms with Gasteiger partial charge in [0, 0.05) is 17.6 Å². The SMILES string of the molecule is CCCNc1nc(NCc2ncc(C)s2)nc(OC)n1. The first-order chi connectivity index (χ1) is 9.71. The molecule has 0 amide bonds. The number of aryl methyl sites for hydroxylation is 1. The van der Waals surface area contributed by atoms with Gasteiger partial charge in [-0.1, -0.05) is 6.92 Å². The molecule has 2 rings (SSSR count). The van der Waals surface area contributed by atoms with E-state index in [-0.39, 0.29) is 6.01 Å². The second-order valence-electron chi connectivity index (χ2n) is 4.11. The first-order valence-corrected chi connectivity index (χ1v) is 7.22. The molecule has 2 aromatic heterocycles. The number of aromatic nitrogens is 4. The Bertz CT molecular complexity index is 559. The Kier molecular flexibility index (Phi) is 5.05. The zero-order valence-corrected chi connectivity index (χ0v) is 12.6. The Balaban J connectivity index is 2.05. The molecule has 0 unspecified atom stereocenters. The van der Waals surface area contributed by atoms with E-state index in [0.717, 1.165) is 18.0 Å². The number of methoxy groups -OCH3 is 1. The Labute approximate surface area is 121 Å². The Morgan fingerprint density at radius 3 is 2.55 bits per heavy atom. The van der Waals surface area contributed by atoms with Crippen molar-refractivity contribution >= 4 is 23.2 Å². The summed E-state index contributed by atoms with van der Waals surface area (Å²) in [6, 6.07) is 0.288. The summed E-state index contributed by atoms with van der Waals surface area (Å²) in [6.07, 6.45) is 2.85. The van der Waals surface area contributed by atoms with Crippen molar-refractivity contribution in [3.63, 3.8) is 0 Å². The van der Waals surface area contributed by atoms with Gasteiger partial charge in [-0.3, -0.25) is 0 Å². The van der Waals surface area contributed by atoms with E-state index < -0.39 is 0 Å². The summed E-state index contributed by atoms with van der Waals surface area (Å²) < 4.78 is 5.08. The lowest BCUT2D eigenvalue weighted by Gasteiger charge is -2.08. The molecule has 0 radical (unpaired) electrons. The van der Waals surface area contributed by atoms with Crippen molar-refractivity contribution in [1.82, 2.24) is 19.9 Å². The van der Waals surface area contributed by atoms with Crippen LogP contribution in [0.4, 0.5) is 11.9 Å². The van der Waals surface area contributed by atoms with Gasteiger partial charge in [-0.15, -0.1) is 11.3 Å². The van der Waals surface area contributed by atoms with Gasteiger partial charge in [0.25, 0.3) is 0 Å². The van der Waals surface area contributed by atoms with Crippen LogP contribution in [0.5, 0.6) is 6.01 Å². The topological polar surface area (TPSA) is 84.9 Å². The van der Waals surface area contributed by atoms with Crippen LogP contribution in [0, 0.1) is 6.92 Å². The van der Waals surface area contributed by atoms with Crippen LogP contribution in [0.3, 0.4) is 0 Å². The molecule has 0 atom stereocenters. The van der Waals surface area contributed by atoms with Crippen molar-refractivity contribution in [3.8, 4) is 6.01 Å². The maximum Gasteiger partial charge on any atom is 0.322 e. The van der Waals surface area contributed by atoms with Crippen LogP contribution in [-0.2, 0) is 6.54 Å². The second-order valence-corrected chi connectivity index (χ2v) is 5.43. The maximum absolute atomic E-state index is 5.08. The molecule has 7 nitrogen and oxygen atoms in total. The summed E-state index contributed by atoms with van der Waals surface area (Å²) in [7, 11) is 1.53. The highest BCUT2D eigenvalue weighted by Gasteiger charge is 2.07. The van der Waals surface area contributed by atoms with Crippen LogP contribution in [0.25, 0.3) is 0 Å². The average Bonchev–Trinajstić information content (AvgIpc) is 2.88. The van der Waals surface area contributed by atoms with E-state index in [2.05, 4.69) is 37.5 Å². The molecule has 0 saturated carbocycles. The molecule has 2 aromatic rings. The molecule has 2 N–H and O–H groups in total. The molecule has 0 aliphatic heterocycles. The molecule has 0 bridgehead atoms. The molecular weight excluding hydrogens is 276 g/mol. The zero-order chi connectivity index (χ0) is 14.4. The van der Waals surface area contributed by atoms with Crippen LogP contribution in [0.2, 0.25) is 0 Å². The zero-order valence-electron chi connectivity index (χ0n) is 11.8. The van der Waals surface area contributed by atoms with Crippen molar-refractivity contribution in [2.75, 3.05) is 24.3 Å². The highest BCUT2D eigenvalue weighted by molar-refractivity contribution is 7.11. The Morgan fingerprint density at radius 2 is 1.95 bits per heavy atom. The summed E-state index contributed by atoms with van der Waals surface area (Å²) >= 11 is 1.64. The Hall–Kier alpha value is -1.96. The fraction of sp³-hybridized carbons (Fsp3) is 0.500. The Morgan fingerprint density at radius 1 is 1.20 bits per heavy atom. The predicted molar refractivity (Wildman–Crippen MR) is 79.3 cm³/mol. The van der Waals surface area contributed by atoms with Crippen molar-refractivity contribution in [3.05, 3.63) is 16.1 Å². The highest BCUT2D eigenvalue weighted by Crippen LogP contribution is 2.14. The van der Waals surface area contributed by atoms with Gasteiger partial charge >= 0.3 is 6.01 Å². The number of thiazole rings is 1. The van der Waals surface area contributed by atoms with E-state index in [1.807, 2.05) is 13.1 Å². The van der Waals surface area contributed by atoms with Gasteiger partial charge in [0.05, 0.1) is 13.7 Å². The van der Waals surface area contributed by atoms with Crippen LogP contribution in [0.15, 0.2) is 6.20 Å². The molecule has 0 aliphatic rings. The van der Waals surface area contributed by atoms with Gasteiger partial charge in [-0.05, 0) is 13.3 Å². The maximum atomic E-state index is 5.08. The number of hydrogen-bond donors (Lipinski definition) is 2. The lowest BCUT2D eigenvalue weighted by molar-refractivity contribution is 0.379. The lowest BCUT2D eigenvalue weighted by atomic mass is 10.5. The fourth-order valence-corrected chi connectivity index (χ4v) is 2.21. The van der Waals surface area contributed by atoms with Gasteiger partial charge in [-0.2, -0.15) is 15.0 Å². The molecule has 108 valence electrons. The number of anilines is 2. The summed E-state index contributed by atoms with van der Waals surface area (Å²) in [6.45, 7) is 5.49. The van der Waals surface area contributed by atoms with E-state index in [9.17, 15) is 0 Å². The quantitative estimate of drug-likeness (QED) is 0.808. The number of nitrogens with zero attached hydrogens (tertiary/aromatic N) is 4. The second kappa shape index (κ2) is 6.99. The summed E-state index contributed by atoms with van der Waals surface area (Å²) in [5.74, 6) is 0.986. The number of rotatable bonds is 7. The number of hydrogen-bond acceptors (Lipinski definition) is 8. The third-order valence-corrected chi connectivity index (χ3v) is 3.31. The van der Waals surface area contributed by atoms with Gasteiger partial charge < -0.3 is 15.4 Å². The largest absolute Gasteiger partial charge is 0.467 e. The minimum Gasteiger partial charge on any atom is -0.467 e. The third-order valence-electron chi connectivity index (χ3n) is 2.40. The van der Waals surface area contributed by atoms with Crippen molar-refractivity contribution in [2.45, 2.75) is 26.8 Å². The standard InChI is InChI=1S/C12H18N6OS/c1-4-5-13-10-16-11(18-12(17-10)19-3)15-7-9-14-6-8(2)20-9/h6H,4-5,7H2,1-3H3,(H2,13,15,16,17,18). The summed E-state index contributed by atoms with van der Waals surface area (Å²) in [5.41, 5.74) is 0. The molecule has 0 aliphatic carbocycles. The summed E-state index contributed by atoms with van der Waals surface area (Å²) in [4.78, 5) is 18.1. The molecule has 0 saturated heterocycles. The normalized spacial score (nSPS) is 10.3. The van der Waals surface area contributed by atoms with Gasteiger partial charge in [0.2, 0.25) is 11.9 Å². The molecule has 20 heavy (non-hydrogen) atoms. The fourth-order valence-electron chi connectivity index (χ4n) is 1.48. The molecule has 0 fully saturated rings. The highest BCUT2D eigenvalue weighted by atomic mass is 32.1. The number of nitrogens with one attached hydrogen (secondary N) is 2. The first-order valence-electron chi connectivity index (χ1n) is 6.40. The van der Waals surface area contributed by atoms with Crippen molar-refractivity contribution in [1.29, 1.82) is 0 Å². The van der Waals surface area contributed by atoms with Gasteiger partial charge in [0.1, 0.15) is 5.01 Å². The van der Waals surface area contributed by atoms with Crippen LogP contribution >= 0.6 is 11.3 Å². The van der Waals surface area contributed by atoms with Crippen molar-refractivity contribution in [2.24, 2.45) is 0 Å². The third kappa shape index (κ3) is 4.02. The van der Waals surface area contributed by atoms with Crippen LogP contribution in [0.1, 0.15) is 23.2 Å². The monoisotopic (exact) mass is 294 g/mol. The average molecular weight is 294 g/mol. The van der Waals surface area contributed by atoms with Crippen LogP contribution in [-0.4, -0.2) is 33.6 Å². The van der Waals surface area contributed by atoms with Crippen molar-refractivity contribution < 1.29 is 4.74 Å². The van der Waals surface area contributed by atoms with E-state index in [4.69, 9.17) is 4.74 Å². The van der Waals surface area contributed by atoms with Gasteiger partial charge in [0.15, 0.2) is 0 Å². The van der Waals surface area contributed by atoms with E-state index in [0.29, 0.717) is 18.4 Å². The molecular formula is C12H18N6OS. The van der Waals surface area contributed by atoms with E-state index in [1.54, 1.807) is 11.3 Å². The smallest absolute Gasteiger partial charge is 0.322 e.